The van der Waals surface area contributed by atoms with Crippen LogP contribution in [0.5, 0.6) is 11.5 Å². The summed E-state index contributed by atoms with van der Waals surface area (Å²) in [6.45, 7) is 25.4. The van der Waals surface area contributed by atoms with Crippen LogP contribution in [0.25, 0.3) is 0 Å². The second-order valence-corrected chi connectivity index (χ2v) is 15.4. The Morgan fingerprint density at radius 1 is 0.500 bits per heavy atom. The van der Waals surface area contributed by atoms with Gasteiger partial charge in [-0.1, -0.05) is 95.2 Å². The summed E-state index contributed by atoms with van der Waals surface area (Å²) in [6.07, 6.45) is 3.30. The Morgan fingerprint density at radius 2 is 0.810 bits per heavy atom. The first-order valence-electron chi connectivity index (χ1n) is 14.5. The van der Waals surface area contributed by atoms with Gasteiger partial charge < -0.3 is 21.7 Å². The number of aliphatic imine (C=N–C) groups is 2. The lowest BCUT2D eigenvalue weighted by molar-refractivity contribution is 0.443. The number of phenolic OH excluding ortho intramolecular Hbond substituents is 2. The summed E-state index contributed by atoms with van der Waals surface area (Å²) in [5, 5.41) is 22.5. The minimum atomic E-state index is -0.259. The zero-order valence-electron chi connectivity index (χ0n) is 27.6. The van der Waals surface area contributed by atoms with Gasteiger partial charge in [0.1, 0.15) is 11.5 Å². The van der Waals surface area contributed by atoms with Crippen molar-refractivity contribution >= 4 is 35.2 Å². The van der Waals surface area contributed by atoms with Crippen molar-refractivity contribution in [3.05, 3.63) is 69.8 Å². The molecule has 0 aromatic heterocycles. The monoisotopic (exact) mass is 570 g/mol. The van der Waals surface area contributed by atoms with Crippen LogP contribution in [-0.2, 0) is 21.7 Å². The van der Waals surface area contributed by atoms with Crippen LogP contribution in [0.15, 0.2) is 46.4 Å². The van der Waals surface area contributed by atoms with Crippen LogP contribution in [0.2, 0.25) is 0 Å². The maximum atomic E-state index is 11.2. The number of nitrogens with two attached hydrogens (primary N) is 2. The summed E-state index contributed by atoms with van der Waals surface area (Å²) in [6, 6.07) is 11.5. The van der Waals surface area contributed by atoms with Crippen molar-refractivity contribution in [3.8, 4) is 11.5 Å². The summed E-state index contributed by atoms with van der Waals surface area (Å²) in [5.74, 6) is 0.401. The number of benzene rings is 3. The second kappa shape index (κ2) is 11.1. The molecule has 0 heterocycles. The van der Waals surface area contributed by atoms with Crippen molar-refractivity contribution in [1.29, 1.82) is 0 Å². The summed E-state index contributed by atoms with van der Waals surface area (Å²) < 4.78 is 0. The van der Waals surface area contributed by atoms with E-state index < -0.39 is 0 Å². The van der Waals surface area contributed by atoms with Crippen molar-refractivity contribution in [2.45, 2.75) is 105 Å². The Hall–Kier alpha value is -3.80. The number of hydrogen-bond acceptors (Lipinski definition) is 6. The first-order chi connectivity index (χ1) is 19.0. The van der Waals surface area contributed by atoms with Crippen LogP contribution in [0, 0.1) is 0 Å². The molecule has 0 unspecified atom stereocenters. The van der Waals surface area contributed by atoms with Gasteiger partial charge in [-0.15, -0.1) is 0 Å². The topological polar surface area (TPSA) is 117 Å². The summed E-state index contributed by atoms with van der Waals surface area (Å²) >= 11 is 0. The molecule has 0 aliphatic rings. The maximum Gasteiger partial charge on any atom is 0.128 e. The Balaban J connectivity index is 2.19. The van der Waals surface area contributed by atoms with E-state index in [1.54, 1.807) is 24.6 Å². The molecule has 0 radical (unpaired) electrons. The molecule has 226 valence electrons. The molecular formula is C36H50N4O2. The third-order valence-corrected chi connectivity index (χ3v) is 7.49. The molecule has 6 heteroatoms. The predicted octanol–water partition coefficient (Wildman–Crippen LogP) is 8.95. The van der Waals surface area contributed by atoms with Crippen molar-refractivity contribution in [2.75, 3.05) is 11.5 Å². The zero-order valence-corrected chi connectivity index (χ0v) is 27.6. The van der Waals surface area contributed by atoms with E-state index >= 15 is 0 Å². The van der Waals surface area contributed by atoms with Crippen LogP contribution in [-0.4, -0.2) is 22.6 Å². The molecule has 0 spiro atoms. The molecule has 0 aliphatic carbocycles. The number of rotatable bonds is 4. The van der Waals surface area contributed by atoms with E-state index in [9.17, 15) is 10.2 Å². The third kappa shape index (κ3) is 7.33. The van der Waals surface area contributed by atoms with E-state index in [4.69, 9.17) is 21.5 Å². The number of phenols is 2. The van der Waals surface area contributed by atoms with E-state index in [1.807, 2.05) is 12.1 Å². The lowest BCUT2D eigenvalue weighted by Gasteiger charge is -2.27. The Kier molecular flexibility index (Phi) is 8.66. The van der Waals surface area contributed by atoms with Gasteiger partial charge in [-0.3, -0.25) is 9.98 Å². The molecule has 3 aromatic rings. The van der Waals surface area contributed by atoms with Gasteiger partial charge in [0.15, 0.2) is 0 Å². The highest BCUT2D eigenvalue weighted by Crippen LogP contribution is 2.40. The molecule has 0 aliphatic heterocycles. The molecule has 3 aromatic carbocycles. The molecule has 0 saturated carbocycles. The maximum absolute atomic E-state index is 11.2. The fourth-order valence-corrected chi connectivity index (χ4v) is 4.61. The lowest BCUT2D eigenvalue weighted by atomic mass is 9.79. The van der Waals surface area contributed by atoms with Gasteiger partial charge in [0.05, 0.1) is 22.7 Å². The van der Waals surface area contributed by atoms with Crippen LogP contribution in [0.3, 0.4) is 0 Å². The van der Waals surface area contributed by atoms with Crippen LogP contribution < -0.4 is 11.5 Å². The van der Waals surface area contributed by atoms with E-state index in [0.29, 0.717) is 33.9 Å². The lowest BCUT2D eigenvalue weighted by Crippen LogP contribution is -2.17. The fraction of sp³-hybridized carbons (Fsp3) is 0.444. The predicted molar refractivity (Wildman–Crippen MR) is 181 cm³/mol. The van der Waals surface area contributed by atoms with Gasteiger partial charge >= 0.3 is 0 Å². The fourth-order valence-electron chi connectivity index (χ4n) is 4.61. The Morgan fingerprint density at radius 3 is 1.07 bits per heavy atom. The number of aromatic hydroxyl groups is 2. The summed E-state index contributed by atoms with van der Waals surface area (Å²) in [7, 11) is 0. The number of anilines is 2. The van der Waals surface area contributed by atoms with Gasteiger partial charge in [-0.2, -0.15) is 0 Å². The van der Waals surface area contributed by atoms with E-state index in [2.05, 4.69) is 95.2 Å². The highest BCUT2D eigenvalue weighted by molar-refractivity contribution is 5.92. The normalized spacial score (nSPS) is 13.4. The molecule has 6 N–H and O–H groups in total. The smallest absolute Gasteiger partial charge is 0.128 e. The van der Waals surface area contributed by atoms with Gasteiger partial charge in [-0.05, 0) is 57.1 Å². The highest BCUT2D eigenvalue weighted by Gasteiger charge is 2.26. The number of nitrogens with zero attached hydrogens (tertiary/aromatic N) is 2. The minimum absolute atomic E-state index is 0.118. The highest BCUT2D eigenvalue weighted by atomic mass is 16.3. The van der Waals surface area contributed by atoms with Gasteiger partial charge in [-0.25, -0.2) is 0 Å². The van der Waals surface area contributed by atoms with Crippen molar-refractivity contribution < 1.29 is 10.2 Å². The first kappa shape index (κ1) is 32.7. The second-order valence-electron chi connectivity index (χ2n) is 15.4. The van der Waals surface area contributed by atoms with Crippen molar-refractivity contribution in [2.24, 2.45) is 9.98 Å². The van der Waals surface area contributed by atoms with Gasteiger partial charge in [0.2, 0.25) is 0 Å². The molecule has 0 saturated heterocycles. The summed E-state index contributed by atoms with van der Waals surface area (Å²) in [4.78, 5) is 9.47. The largest absolute Gasteiger partial charge is 0.507 e. The Labute approximate surface area is 252 Å². The quantitative estimate of drug-likeness (QED) is 0.185. The van der Waals surface area contributed by atoms with E-state index in [0.717, 1.165) is 22.3 Å². The standard InChI is InChI=1S/C36H50N4O2/c1-33(2,3)23-13-21(31(41)25(15-23)35(7,8)9)19-39-29-17-27(37)28(38)18-30(29)40-20-22-14-24(34(4,5)6)16-26(32(22)42)36(10,11)12/h13-20,41-42H,37-38H2,1-12H3. The summed E-state index contributed by atoms with van der Waals surface area (Å²) in [5.41, 5.74) is 18.5. The molecule has 6 nitrogen and oxygen atoms in total. The SMILES string of the molecule is CC(C)(C)c1cc(C=Nc2cc(N)c(N)cc2N=Cc2cc(C(C)(C)C)cc(C(C)(C)C)c2O)c(O)c(C(C)(C)C)c1. The zero-order chi connectivity index (χ0) is 32.0. The minimum Gasteiger partial charge on any atom is -0.507 e. The average Bonchev–Trinajstić information content (AvgIpc) is 2.82. The van der Waals surface area contributed by atoms with E-state index in [-0.39, 0.29) is 33.2 Å². The van der Waals surface area contributed by atoms with Crippen molar-refractivity contribution in [3.63, 3.8) is 0 Å². The van der Waals surface area contributed by atoms with Crippen LogP contribution >= 0.6 is 0 Å². The van der Waals surface area contributed by atoms with Crippen LogP contribution in [0.1, 0.15) is 116 Å². The molecule has 0 fully saturated rings. The molecular weight excluding hydrogens is 520 g/mol. The van der Waals surface area contributed by atoms with Gasteiger partial charge in [0.25, 0.3) is 0 Å². The van der Waals surface area contributed by atoms with Gasteiger partial charge in [0, 0.05) is 34.7 Å². The number of hydrogen-bond donors (Lipinski definition) is 4. The average molecular weight is 571 g/mol. The number of nitrogen functional groups attached to an aromatic ring is 2. The molecule has 0 amide bonds. The molecule has 42 heavy (non-hydrogen) atoms. The Bertz CT molecular complexity index is 1420. The van der Waals surface area contributed by atoms with E-state index in [1.165, 1.54) is 0 Å². The first-order valence-corrected chi connectivity index (χ1v) is 14.5. The van der Waals surface area contributed by atoms with Crippen LogP contribution in [0.4, 0.5) is 22.7 Å². The van der Waals surface area contributed by atoms with Crippen molar-refractivity contribution in [1.82, 2.24) is 0 Å². The third-order valence-electron chi connectivity index (χ3n) is 7.49. The molecule has 0 atom stereocenters. The molecule has 3 rings (SSSR count). The molecule has 0 bridgehead atoms.